The molecule has 4 heteroatoms. The van der Waals surface area contributed by atoms with Gasteiger partial charge < -0.3 is 10.1 Å². The van der Waals surface area contributed by atoms with E-state index in [1.807, 2.05) is 0 Å². The monoisotopic (exact) mass is 501 g/mol. The second-order valence-corrected chi connectivity index (χ2v) is 12.8. The number of nitrogens with zero attached hydrogens (tertiary/aromatic N) is 2. The van der Waals surface area contributed by atoms with E-state index in [9.17, 15) is 0 Å². The van der Waals surface area contributed by atoms with Crippen LogP contribution in [0.4, 0.5) is 0 Å². The fraction of sp³-hybridized carbons (Fsp3) is 0.636. The molecule has 2 unspecified atom stereocenters. The number of methoxy groups -OCH3 is 1. The van der Waals surface area contributed by atoms with Crippen molar-refractivity contribution in [3.63, 3.8) is 0 Å². The Bertz CT molecular complexity index is 1040. The van der Waals surface area contributed by atoms with Crippen molar-refractivity contribution < 1.29 is 4.74 Å². The minimum atomic E-state index is 0.524. The first kappa shape index (κ1) is 25.4. The van der Waals surface area contributed by atoms with E-state index in [-0.39, 0.29) is 0 Å². The Hall–Kier alpha value is -1.88. The van der Waals surface area contributed by atoms with E-state index in [0.29, 0.717) is 29.3 Å². The van der Waals surface area contributed by atoms with E-state index >= 15 is 0 Å². The molecule has 1 N–H and O–H groups in total. The number of hydrogen-bond acceptors (Lipinski definition) is 4. The first-order valence-electron chi connectivity index (χ1n) is 15.0. The Balaban J connectivity index is 1.19. The third-order valence-corrected chi connectivity index (χ3v) is 10.4. The van der Waals surface area contributed by atoms with Crippen LogP contribution < -0.4 is 10.1 Å². The molecule has 200 valence electrons. The van der Waals surface area contributed by atoms with Crippen LogP contribution in [0.25, 0.3) is 0 Å². The van der Waals surface area contributed by atoms with Gasteiger partial charge in [0.25, 0.3) is 0 Å². The van der Waals surface area contributed by atoms with Gasteiger partial charge in [0.05, 0.1) is 7.11 Å². The maximum Gasteiger partial charge on any atom is 0.118 e. The molecule has 4 aliphatic rings. The van der Waals surface area contributed by atoms with Crippen LogP contribution in [0.2, 0.25) is 0 Å². The topological polar surface area (TPSA) is 27.7 Å². The predicted octanol–water partition coefficient (Wildman–Crippen LogP) is 6.35. The molecule has 0 radical (unpaired) electrons. The van der Waals surface area contributed by atoms with Crippen molar-refractivity contribution in [2.24, 2.45) is 5.41 Å². The highest BCUT2D eigenvalue weighted by Gasteiger charge is 2.49. The minimum absolute atomic E-state index is 0.524. The van der Waals surface area contributed by atoms with Crippen molar-refractivity contribution >= 4 is 0 Å². The largest absolute Gasteiger partial charge is 0.497 e. The SMILES string of the molecule is COc1ccc(C2CCC(N3CCN(C4CC5(CCNCC5)C4)[C@H](c4ccccc4C(C)C)C3)C2)cc1. The van der Waals surface area contributed by atoms with Crippen LogP contribution in [0.3, 0.4) is 0 Å². The second-order valence-electron chi connectivity index (χ2n) is 12.8. The van der Waals surface area contributed by atoms with Gasteiger partial charge in [-0.25, -0.2) is 0 Å². The molecule has 0 bridgehead atoms. The van der Waals surface area contributed by atoms with Crippen molar-refractivity contribution in [3.8, 4) is 5.75 Å². The zero-order chi connectivity index (χ0) is 25.4. The Morgan fingerprint density at radius 2 is 1.68 bits per heavy atom. The molecule has 2 aromatic rings. The van der Waals surface area contributed by atoms with Gasteiger partial charge in [-0.3, -0.25) is 9.80 Å². The van der Waals surface area contributed by atoms with E-state index in [1.165, 1.54) is 83.2 Å². The normalized spacial score (nSPS) is 29.0. The van der Waals surface area contributed by atoms with Crippen LogP contribution in [0, 0.1) is 5.41 Å². The Labute approximate surface area is 224 Å². The van der Waals surface area contributed by atoms with Gasteiger partial charge in [-0.15, -0.1) is 0 Å². The molecule has 3 atom stereocenters. The van der Waals surface area contributed by atoms with E-state index in [2.05, 4.69) is 77.5 Å². The summed E-state index contributed by atoms with van der Waals surface area (Å²) in [4.78, 5) is 5.82. The molecule has 2 saturated carbocycles. The van der Waals surface area contributed by atoms with Crippen molar-refractivity contribution in [2.75, 3.05) is 39.8 Å². The molecule has 2 heterocycles. The molecule has 37 heavy (non-hydrogen) atoms. The van der Waals surface area contributed by atoms with Gasteiger partial charge in [0.1, 0.15) is 5.75 Å². The molecule has 2 saturated heterocycles. The summed E-state index contributed by atoms with van der Waals surface area (Å²) in [6.45, 7) is 10.8. The number of piperidine rings is 1. The smallest absolute Gasteiger partial charge is 0.118 e. The van der Waals surface area contributed by atoms with Gasteiger partial charge >= 0.3 is 0 Å². The lowest BCUT2D eigenvalue weighted by Crippen LogP contribution is -2.60. The lowest BCUT2D eigenvalue weighted by molar-refractivity contribution is -0.0693. The predicted molar refractivity (Wildman–Crippen MR) is 152 cm³/mol. The molecule has 2 aromatic carbocycles. The van der Waals surface area contributed by atoms with Crippen LogP contribution in [0.15, 0.2) is 48.5 Å². The number of rotatable bonds is 6. The van der Waals surface area contributed by atoms with Gasteiger partial charge in [0.15, 0.2) is 0 Å². The molecule has 0 aromatic heterocycles. The van der Waals surface area contributed by atoms with Gasteiger partial charge in [0, 0.05) is 37.8 Å². The van der Waals surface area contributed by atoms with Gasteiger partial charge in [0.2, 0.25) is 0 Å². The van der Waals surface area contributed by atoms with Gasteiger partial charge in [-0.05, 0) is 104 Å². The summed E-state index contributed by atoms with van der Waals surface area (Å²) in [6.07, 6.45) is 9.52. The molecular weight excluding hydrogens is 454 g/mol. The minimum Gasteiger partial charge on any atom is -0.497 e. The summed E-state index contributed by atoms with van der Waals surface area (Å²) < 4.78 is 5.39. The van der Waals surface area contributed by atoms with Crippen LogP contribution in [-0.2, 0) is 0 Å². The van der Waals surface area contributed by atoms with Gasteiger partial charge in [-0.1, -0.05) is 50.2 Å². The average molecular weight is 502 g/mol. The van der Waals surface area contributed by atoms with E-state index in [4.69, 9.17) is 4.74 Å². The molecule has 1 spiro atoms. The third kappa shape index (κ3) is 5.10. The van der Waals surface area contributed by atoms with Crippen LogP contribution in [0.1, 0.15) is 93.4 Å². The molecule has 0 amide bonds. The molecule has 4 fully saturated rings. The van der Waals surface area contributed by atoms with Crippen LogP contribution >= 0.6 is 0 Å². The van der Waals surface area contributed by atoms with Crippen LogP contribution in [-0.4, -0.2) is 61.7 Å². The number of piperazine rings is 1. The van der Waals surface area contributed by atoms with E-state index in [0.717, 1.165) is 11.8 Å². The highest BCUT2D eigenvalue weighted by molar-refractivity contribution is 5.34. The highest BCUT2D eigenvalue weighted by Crippen LogP contribution is 2.52. The summed E-state index contributed by atoms with van der Waals surface area (Å²) >= 11 is 0. The van der Waals surface area contributed by atoms with Crippen LogP contribution in [0.5, 0.6) is 5.75 Å². The highest BCUT2D eigenvalue weighted by atomic mass is 16.5. The standard InChI is InChI=1S/C33H47N3O/c1-24(2)30-6-4-5-7-31(30)32-23-35(18-19-36(32)28-21-33(22-28)14-16-34-17-15-33)27-11-8-26(20-27)25-9-12-29(37-3)13-10-25/h4-7,9-10,12-13,24,26-28,32,34H,8,11,14-23H2,1-3H3/t26?,27?,32-/m0/s1. The number of nitrogens with one attached hydrogen (secondary N) is 1. The zero-order valence-corrected chi connectivity index (χ0v) is 23.3. The van der Waals surface area contributed by atoms with E-state index < -0.39 is 0 Å². The molecular formula is C33H47N3O. The van der Waals surface area contributed by atoms with Crippen molar-refractivity contribution in [3.05, 3.63) is 65.2 Å². The van der Waals surface area contributed by atoms with Gasteiger partial charge in [-0.2, -0.15) is 0 Å². The lowest BCUT2D eigenvalue weighted by atomic mass is 9.60. The fourth-order valence-corrected chi connectivity index (χ4v) is 8.21. The maximum atomic E-state index is 5.39. The molecule has 6 rings (SSSR count). The first-order valence-corrected chi connectivity index (χ1v) is 15.0. The summed E-state index contributed by atoms with van der Waals surface area (Å²) in [5, 5.41) is 3.59. The number of hydrogen-bond donors (Lipinski definition) is 1. The first-order chi connectivity index (χ1) is 18.0. The summed E-state index contributed by atoms with van der Waals surface area (Å²) in [5.41, 5.74) is 5.27. The molecule has 2 aliphatic heterocycles. The average Bonchev–Trinajstić information content (AvgIpc) is 3.42. The second kappa shape index (κ2) is 10.7. The summed E-state index contributed by atoms with van der Waals surface area (Å²) in [7, 11) is 1.75. The number of ether oxygens (including phenoxy) is 1. The zero-order valence-electron chi connectivity index (χ0n) is 23.3. The Morgan fingerprint density at radius 1 is 0.919 bits per heavy atom. The quantitative estimate of drug-likeness (QED) is 0.499. The fourth-order valence-electron chi connectivity index (χ4n) is 8.21. The van der Waals surface area contributed by atoms with Crippen molar-refractivity contribution in [1.82, 2.24) is 15.1 Å². The maximum absolute atomic E-state index is 5.39. The Kier molecular flexibility index (Phi) is 7.35. The summed E-state index contributed by atoms with van der Waals surface area (Å²) in [6, 6.07) is 20.2. The summed E-state index contributed by atoms with van der Waals surface area (Å²) in [5.74, 6) is 2.21. The molecule has 2 aliphatic carbocycles. The Morgan fingerprint density at radius 3 is 2.41 bits per heavy atom. The third-order valence-electron chi connectivity index (χ3n) is 10.4. The lowest BCUT2D eigenvalue weighted by Gasteiger charge is -2.58. The van der Waals surface area contributed by atoms with Crippen molar-refractivity contribution in [1.29, 1.82) is 0 Å². The molecule has 4 nitrogen and oxygen atoms in total. The van der Waals surface area contributed by atoms with E-state index in [1.54, 1.807) is 18.2 Å². The van der Waals surface area contributed by atoms with Crippen molar-refractivity contribution in [2.45, 2.75) is 88.8 Å². The number of benzene rings is 2.